The lowest BCUT2D eigenvalue weighted by atomic mass is 9.99. The van der Waals surface area contributed by atoms with Crippen molar-refractivity contribution in [3.05, 3.63) is 16.5 Å². The van der Waals surface area contributed by atoms with E-state index in [1.807, 2.05) is 0 Å². The number of ether oxygens (including phenoxy) is 1. The number of hydrogen-bond acceptors (Lipinski definition) is 5. The molecule has 0 radical (unpaired) electrons. The van der Waals surface area contributed by atoms with Crippen molar-refractivity contribution in [2.45, 2.75) is 22.6 Å². The van der Waals surface area contributed by atoms with Gasteiger partial charge in [-0.15, -0.1) is 11.3 Å². The molecule has 1 fully saturated rings. The maximum atomic E-state index is 12.1. The highest BCUT2D eigenvalue weighted by Gasteiger charge is 2.35. The predicted molar refractivity (Wildman–Crippen MR) is 76.4 cm³/mol. The van der Waals surface area contributed by atoms with Crippen molar-refractivity contribution in [3.8, 4) is 0 Å². The average molecular weight is 325 g/mol. The number of thiophene rings is 1. The summed E-state index contributed by atoms with van der Waals surface area (Å²) in [5, 5.41) is 3.33. The van der Waals surface area contributed by atoms with Crippen molar-refractivity contribution in [2.24, 2.45) is 0 Å². The largest absolute Gasteiger partial charge is 0.383 e. The minimum absolute atomic E-state index is 0.239. The molecular weight excluding hydrogens is 308 g/mol. The van der Waals surface area contributed by atoms with E-state index in [-0.39, 0.29) is 9.75 Å². The zero-order valence-electron chi connectivity index (χ0n) is 10.6. The molecule has 1 saturated heterocycles. The Balaban J connectivity index is 2.04. The van der Waals surface area contributed by atoms with Gasteiger partial charge in [-0.25, -0.2) is 13.1 Å². The van der Waals surface area contributed by atoms with E-state index in [0.29, 0.717) is 17.5 Å². The molecule has 108 valence electrons. The van der Waals surface area contributed by atoms with E-state index in [4.69, 9.17) is 16.3 Å². The molecule has 1 unspecified atom stereocenters. The summed E-state index contributed by atoms with van der Waals surface area (Å²) >= 11 is 6.82. The van der Waals surface area contributed by atoms with Crippen LogP contribution in [-0.4, -0.2) is 40.8 Å². The summed E-state index contributed by atoms with van der Waals surface area (Å²) in [5.41, 5.74) is -0.303. The monoisotopic (exact) mass is 324 g/mol. The van der Waals surface area contributed by atoms with Gasteiger partial charge < -0.3 is 10.1 Å². The third-order valence-electron chi connectivity index (χ3n) is 3.17. The average Bonchev–Trinajstić information content (AvgIpc) is 2.98. The van der Waals surface area contributed by atoms with Gasteiger partial charge in [-0.3, -0.25) is 0 Å². The standard InChI is InChI=1S/C11H17ClN2O3S2/c1-17-8-11(5-2-6-13-11)7-14-19(15,16)10-4-3-9(12)18-10/h3-4,13-14H,2,5-8H2,1H3. The number of methoxy groups -OCH3 is 1. The van der Waals surface area contributed by atoms with E-state index in [1.54, 1.807) is 13.2 Å². The first-order valence-electron chi connectivity index (χ1n) is 5.96. The molecule has 2 rings (SSSR count). The van der Waals surface area contributed by atoms with Crippen molar-refractivity contribution in [1.82, 2.24) is 10.0 Å². The molecule has 8 heteroatoms. The van der Waals surface area contributed by atoms with Crippen LogP contribution in [0.3, 0.4) is 0 Å². The third kappa shape index (κ3) is 3.68. The normalized spacial score (nSPS) is 23.9. The van der Waals surface area contributed by atoms with Gasteiger partial charge in [-0.2, -0.15) is 0 Å². The molecule has 0 aromatic carbocycles. The number of hydrogen-bond donors (Lipinski definition) is 2. The van der Waals surface area contributed by atoms with Gasteiger partial charge >= 0.3 is 0 Å². The highest BCUT2D eigenvalue weighted by molar-refractivity contribution is 7.91. The molecule has 5 nitrogen and oxygen atoms in total. The molecule has 0 aliphatic carbocycles. The summed E-state index contributed by atoms with van der Waals surface area (Å²) in [7, 11) is -1.87. The Morgan fingerprint density at radius 3 is 2.89 bits per heavy atom. The molecule has 19 heavy (non-hydrogen) atoms. The zero-order valence-corrected chi connectivity index (χ0v) is 13.0. The van der Waals surface area contributed by atoms with Gasteiger partial charge in [0.2, 0.25) is 10.0 Å². The molecule has 1 aromatic rings. The Labute approximate surface area is 122 Å². The van der Waals surface area contributed by atoms with Gasteiger partial charge in [0.05, 0.1) is 16.5 Å². The summed E-state index contributed by atoms with van der Waals surface area (Å²) in [4.78, 5) is 0. The maximum absolute atomic E-state index is 12.1. The minimum atomic E-state index is -3.49. The van der Waals surface area contributed by atoms with Gasteiger partial charge in [-0.05, 0) is 31.5 Å². The van der Waals surface area contributed by atoms with E-state index in [1.165, 1.54) is 6.07 Å². The molecular formula is C11H17ClN2O3S2. The Morgan fingerprint density at radius 2 is 2.37 bits per heavy atom. The molecule has 0 saturated carbocycles. The fourth-order valence-corrected chi connectivity index (χ4v) is 4.87. The van der Waals surface area contributed by atoms with Crippen LogP contribution in [-0.2, 0) is 14.8 Å². The third-order valence-corrected chi connectivity index (χ3v) is 6.29. The van der Waals surface area contributed by atoms with E-state index in [0.717, 1.165) is 30.7 Å². The summed E-state index contributed by atoms with van der Waals surface area (Å²) in [6, 6.07) is 3.10. The first-order chi connectivity index (χ1) is 8.97. The van der Waals surface area contributed by atoms with Crippen molar-refractivity contribution in [1.29, 1.82) is 0 Å². The highest BCUT2D eigenvalue weighted by Crippen LogP contribution is 2.26. The summed E-state index contributed by atoms with van der Waals surface area (Å²) in [6.07, 6.45) is 1.92. The maximum Gasteiger partial charge on any atom is 0.250 e. The summed E-state index contributed by atoms with van der Waals surface area (Å²) in [5.74, 6) is 0. The van der Waals surface area contributed by atoms with Crippen molar-refractivity contribution < 1.29 is 13.2 Å². The van der Waals surface area contributed by atoms with Crippen molar-refractivity contribution >= 4 is 33.0 Å². The lowest BCUT2D eigenvalue weighted by molar-refractivity contribution is 0.122. The second-order valence-corrected chi connectivity index (χ2v) is 8.34. The molecule has 1 aliphatic heterocycles. The predicted octanol–water partition coefficient (Wildman–Crippen LogP) is 1.45. The Bertz CT molecular complexity index is 524. The van der Waals surface area contributed by atoms with Crippen LogP contribution >= 0.6 is 22.9 Å². The lowest BCUT2D eigenvalue weighted by Gasteiger charge is -2.28. The first-order valence-corrected chi connectivity index (χ1v) is 8.64. The second kappa shape index (κ2) is 6.07. The number of sulfonamides is 1. The topological polar surface area (TPSA) is 67.4 Å². The number of halogens is 1. The fourth-order valence-electron chi connectivity index (χ4n) is 2.22. The minimum Gasteiger partial charge on any atom is -0.383 e. The van der Waals surface area contributed by atoms with Gasteiger partial charge in [0.25, 0.3) is 0 Å². The van der Waals surface area contributed by atoms with Crippen LogP contribution in [0.2, 0.25) is 4.34 Å². The SMILES string of the molecule is COCC1(CNS(=O)(=O)c2ccc(Cl)s2)CCCN1. The van der Waals surface area contributed by atoms with Gasteiger partial charge in [0.15, 0.2) is 0 Å². The van der Waals surface area contributed by atoms with Crippen LogP contribution in [0.5, 0.6) is 0 Å². The molecule has 2 N–H and O–H groups in total. The van der Waals surface area contributed by atoms with Crippen molar-refractivity contribution in [3.63, 3.8) is 0 Å². The number of rotatable bonds is 6. The van der Waals surface area contributed by atoms with Gasteiger partial charge in [-0.1, -0.05) is 11.6 Å². The van der Waals surface area contributed by atoms with Gasteiger partial charge in [0, 0.05) is 13.7 Å². The summed E-state index contributed by atoms with van der Waals surface area (Å²) < 4.78 is 32.8. The molecule has 0 bridgehead atoms. The van der Waals surface area contributed by atoms with Crippen molar-refractivity contribution in [2.75, 3.05) is 26.8 Å². The highest BCUT2D eigenvalue weighted by atomic mass is 35.5. The molecule has 1 aliphatic rings. The first kappa shape index (κ1) is 15.2. The molecule has 0 amide bonds. The Hall–Kier alpha value is -0.180. The smallest absolute Gasteiger partial charge is 0.250 e. The van der Waals surface area contributed by atoms with E-state index < -0.39 is 10.0 Å². The molecule has 0 spiro atoms. The zero-order chi connectivity index (χ0) is 13.9. The van der Waals surface area contributed by atoms with Crippen LogP contribution < -0.4 is 10.0 Å². The van der Waals surface area contributed by atoms with Crippen LogP contribution in [0.15, 0.2) is 16.3 Å². The van der Waals surface area contributed by atoms with Crippen LogP contribution in [0.25, 0.3) is 0 Å². The van der Waals surface area contributed by atoms with E-state index in [2.05, 4.69) is 10.0 Å². The number of nitrogens with one attached hydrogen (secondary N) is 2. The van der Waals surface area contributed by atoms with Crippen LogP contribution in [0.1, 0.15) is 12.8 Å². The van der Waals surface area contributed by atoms with E-state index in [9.17, 15) is 8.42 Å². The second-order valence-electron chi connectivity index (χ2n) is 4.63. The Morgan fingerprint density at radius 1 is 1.58 bits per heavy atom. The van der Waals surface area contributed by atoms with Crippen LogP contribution in [0.4, 0.5) is 0 Å². The molecule has 2 heterocycles. The Kier molecular flexibility index (Phi) is 4.86. The quantitative estimate of drug-likeness (QED) is 0.831. The summed E-state index contributed by atoms with van der Waals surface area (Å²) in [6.45, 7) is 1.69. The van der Waals surface area contributed by atoms with Gasteiger partial charge in [0.1, 0.15) is 4.21 Å². The van der Waals surface area contributed by atoms with E-state index >= 15 is 0 Å². The lowest BCUT2D eigenvalue weighted by Crippen LogP contribution is -2.52. The molecule has 1 aromatic heterocycles. The fraction of sp³-hybridized carbons (Fsp3) is 0.636. The molecule has 1 atom stereocenters. The van der Waals surface area contributed by atoms with Crippen LogP contribution in [0, 0.1) is 0 Å².